The summed E-state index contributed by atoms with van der Waals surface area (Å²) in [6.07, 6.45) is -2.03. The highest BCUT2D eigenvalue weighted by Gasteiger charge is 2.36. The van der Waals surface area contributed by atoms with E-state index in [1.165, 1.54) is 0 Å². The number of carbonyl (C=O) groups excluding carboxylic acids is 2. The zero-order valence-electron chi connectivity index (χ0n) is 9.24. The monoisotopic (exact) mass is 238 g/mol. The summed E-state index contributed by atoms with van der Waals surface area (Å²) in [6.45, 7) is 3.30. The lowest BCUT2D eigenvalue weighted by Gasteiger charge is -2.16. The number of halogens is 2. The van der Waals surface area contributed by atoms with Crippen LogP contribution in [0.25, 0.3) is 0 Å². The first-order valence-electron chi connectivity index (χ1n) is 4.64. The second kappa shape index (κ2) is 7.16. The van der Waals surface area contributed by atoms with Crippen molar-refractivity contribution in [3.8, 4) is 0 Å². The van der Waals surface area contributed by atoms with Crippen molar-refractivity contribution < 1.29 is 32.3 Å². The molecule has 0 radical (unpaired) electrons. The molecule has 0 aliphatic carbocycles. The molecule has 2 atom stereocenters. The van der Waals surface area contributed by atoms with Gasteiger partial charge in [-0.3, -0.25) is 8.63 Å². The van der Waals surface area contributed by atoms with Gasteiger partial charge in [0.2, 0.25) is 6.10 Å². The van der Waals surface area contributed by atoms with E-state index in [2.05, 4.69) is 14.1 Å². The van der Waals surface area contributed by atoms with Crippen LogP contribution in [0.4, 0.5) is 8.63 Å². The second-order valence-corrected chi connectivity index (χ2v) is 2.96. The molecule has 0 aromatic rings. The summed E-state index contributed by atoms with van der Waals surface area (Å²) in [6, 6.07) is 0. The van der Waals surface area contributed by atoms with Gasteiger partial charge < -0.3 is 14.1 Å². The Hall–Kier alpha value is -1.18. The predicted octanol–water partition coefficient (Wildman–Crippen LogP) is 0.810. The summed E-state index contributed by atoms with van der Waals surface area (Å²) in [5.41, 5.74) is 0. The lowest BCUT2D eigenvalue weighted by atomic mass is 10.2. The zero-order chi connectivity index (χ0) is 12.7. The molecule has 0 aliphatic rings. The van der Waals surface area contributed by atoms with Crippen LogP contribution >= 0.6 is 0 Å². The molecule has 0 N–H and O–H groups in total. The molecule has 0 spiro atoms. The first-order valence-corrected chi connectivity index (χ1v) is 4.64. The molecule has 0 bridgehead atoms. The Morgan fingerprint density at radius 3 is 2.25 bits per heavy atom. The van der Waals surface area contributed by atoms with E-state index >= 15 is 0 Å². The molecule has 0 amide bonds. The quantitative estimate of drug-likeness (QED) is 0.389. The largest absolute Gasteiger partial charge is 0.722 e. The Bertz CT molecular complexity index is 249. The Balaban J connectivity index is 4.50. The van der Waals surface area contributed by atoms with Crippen molar-refractivity contribution in [2.24, 2.45) is 0 Å². The van der Waals surface area contributed by atoms with Gasteiger partial charge in [-0.25, -0.2) is 9.59 Å². The maximum absolute atomic E-state index is 11.9. The molecule has 16 heavy (non-hydrogen) atoms. The topological polar surface area (TPSA) is 61.8 Å². The zero-order valence-corrected chi connectivity index (χ0v) is 9.24. The molecule has 8 heteroatoms. The SMILES string of the molecule is CCC(C)OC(=O)C(OB(F)F)C(=O)OC. The van der Waals surface area contributed by atoms with Crippen LogP contribution in [0.15, 0.2) is 0 Å². The van der Waals surface area contributed by atoms with Crippen molar-refractivity contribution >= 4 is 19.4 Å². The lowest BCUT2D eigenvalue weighted by Crippen LogP contribution is -2.39. The smallest absolute Gasteiger partial charge is 0.467 e. The molecule has 0 aliphatic heterocycles. The van der Waals surface area contributed by atoms with E-state index < -0.39 is 31.6 Å². The van der Waals surface area contributed by atoms with Crippen LogP contribution in [0.3, 0.4) is 0 Å². The summed E-state index contributed by atoms with van der Waals surface area (Å²) in [5.74, 6) is -2.39. The standard InChI is InChI=1S/C8H13BF2O5/c1-4-5(2)15-8(13)6(7(12)14-3)16-9(10)11/h5-6H,4H2,1-3H3. The molecule has 0 aromatic heterocycles. The van der Waals surface area contributed by atoms with Gasteiger partial charge in [-0.05, 0) is 13.3 Å². The third-order valence-corrected chi connectivity index (χ3v) is 1.76. The predicted molar refractivity (Wildman–Crippen MR) is 50.7 cm³/mol. The second-order valence-electron chi connectivity index (χ2n) is 2.96. The van der Waals surface area contributed by atoms with Crippen molar-refractivity contribution in [2.75, 3.05) is 7.11 Å². The van der Waals surface area contributed by atoms with Gasteiger partial charge in [-0.1, -0.05) is 6.92 Å². The van der Waals surface area contributed by atoms with Gasteiger partial charge in [0.25, 0.3) is 0 Å². The molecule has 5 nitrogen and oxygen atoms in total. The minimum absolute atomic E-state index is 0.485. The Morgan fingerprint density at radius 2 is 1.88 bits per heavy atom. The highest BCUT2D eigenvalue weighted by atomic mass is 19.2. The number of ether oxygens (including phenoxy) is 2. The number of hydrogen-bond acceptors (Lipinski definition) is 5. The summed E-state index contributed by atoms with van der Waals surface area (Å²) in [5, 5.41) is 0. The highest BCUT2D eigenvalue weighted by molar-refractivity contribution is 6.35. The minimum atomic E-state index is -3.26. The van der Waals surface area contributed by atoms with Crippen molar-refractivity contribution in [3.63, 3.8) is 0 Å². The van der Waals surface area contributed by atoms with E-state index in [-0.39, 0.29) is 0 Å². The van der Waals surface area contributed by atoms with Crippen LogP contribution in [-0.2, 0) is 23.7 Å². The molecule has 2 unspecified atom stereocenters. The fourth-order valence-electron chi connectivity index (χ4n) is 0.761. The summed E-state index contributed by atoms with van der Waals surface area (Å²) in [7, 11) is -2.30. The third kappa shape index (κ3) is 5.06. The van der Waals surface area contributed by atoms with Crippen molar-refractivity contribution in [1.82, 2.24) is 0 Å². The number of methoxy groups -OCH3 is 1. The van der Waals surface area contributed by atoms with Crippen LogP contribution < -0.4 is 0 Å². The van der Waals surface area contributed by atoms with E-state index in [1.807, 2.05) is 0 Å². The Labute approximate surface area is 92.2 Å². The van der Waals surface area contributed by atoms with Crippen LogP contribution in [-0.4, -0.2) is 38.7 Å². The van der Waals surface area contributed by atoms with Gasteiger partial charge >= 0.3 is 19.4 Å². The fraction of sp³-hybridized carbons (Fsp3) is 0.750. The number of hydrogen-bond donors (Lipinski definition) is 0. The Morgan fingerprint density at radius 1 is 1.31 bits per heavy atom. The average molecular weight is 238 g/mol. The lowest BCUT2D eigenvalue weighted by molar-refractivity contribution is -0.169. The summed E-state index contributed by atoms with van der Waals surface area (Å²) in [4.78, 5) is 22.2. The van der Waals surface area contributed by atoms with Crippen LogP contribution in [0.1, 0.15) is 20.3 Å². The van der Waals surface area contributed by atoms with Crippen molar-refractivity contribution in [3.05, 3.63) is 0 Å². The van der Waals surface area contributed by atoms with Gasteiger partial charge in [0.15, 0.2) is 0 Å². The van der Waals surface area contributed by atoms with E-state index in [1.54, 1.807) is 13.8 Å². The maximum Gasteiger partial charge on any atom is 0.722 e. The van der Waals surface area contributed by atoms with Gasteiger partial charge in [-0.2, -0.15) is 0 Å². The Kier molecular flexibility index (Phi) is 6.63. The van der Waals surface area contributed by atoms with E-state index in [0.29, 0.717) is 6.42 Å². The first kappa shape index (κ1) is 14.8. The first-order chi connectivity index (χ1) is 7.42. The van der Waals surface area contributed by atoms with Crippen LogP contribution in [0, 0.1) is 0 Å². The minimum Gasteiger partial charge on any atom is -0.467 e. The van der Waals surface area contributed by atoms with Crippen LogP contribution in [0.2, 0.25) is 0 Å². The third-order valence-electron chi connectivity index (χ3n) is 1.76. The number of carbonyl (C=O) groups is 2. The molecular formula is C8H13BF2O5. The van der Waals surface area contributed by atoms with E-state index in [9.17, 15) is 18.2 Å². The van der Waals surface area contributed by atoms with Crippen LogP contribution in [0.5, 0.6) is 0 Å². The molecule has 0 aromatic carbocycles. The van der Waals surface area contributed by atoms with E-state index in [4.69, 9.17) is 0 Å². The van der Waals surface area contributed by atoms with Gasteiger partial charge in [-0.15, -0.1) is 0 Å². The van der Waals surface area contributed by atoms with Gasteiger partial charge in [0.1, 0.15) is 0 Å². The number of rotatable bonds is 6. The molecular weight excluding hydrogens is 225 g/mol. The normalized spacial score (nSPS) is 13.8. The fourth-order valence-corrected chi connectivity index (χ4v) is 0.761. The highest BCUT2D eigenvalue weighted by Crippen LogP contribution is 2.06. The molecule has 92 valence electrons. The molecule has 0 saturated carbocycles. The van der Waals surface area contributed by atoms with Gasteiger partial charge in [0, 0.05) is 0 Å². The average Bonchev–Trinajstić information content (AvgIpc) is 2.24. The molecule has 0 fully saturated rings. The van der Waals surface area contributed by atoms with Crippen molar-refractivity contribution in [1.29, 1.82) is 0 Å². The van der Waals surface area contributed by atoms with Gasteiger partial charge in [0.05, 0.1) is 13.2 Å². The molecule has 0 heterocycles. The summed E-state index contributed by atoms with van der Waals surface area (Å²) >= 11 is 0. The maximum atomic E-state index is 11.9. The number of esters is 2. The van der Waals surface area contributed by atoms with Crippen molar-refractivity contribution in [2.45, 2.75) is 32.5 Å². The molecule has 0 rings (SSSR count). The summed E-state index contributed by atoms with van der Waals surface area (Å²) < 4.78 is 36.5. The molecule has 0 saturated heterocycles. The van der Waals surface area contributed by atoms with E-state index in [0.717, 1.165) is 7.11 Å².